The predicted octanol–water partition coefficient (Wildman–Crippen LogP) is 3.02. The Morgan fingerprint density at radius 2 is 2.00 bits per heavy atom. The van der Waals surface area contributed by atoms with Gasteiger partial charge in [-0.2, -0.15) is 11.3 Å². The lowest BCUT2D eigenvalue weighted by Crippen LogP contribution is -2.41. The van der Waals surface area contributed by atoms with Crippen LogP contribution < -0.4 is 0 Å². The SMILES string of the molecule is O=C(c1ccsc1)N1CC[C@@H](N2CCc3ccccc3C2)C1. The summed E-state index contributed by atoms with van der Waals surface area (Å²) in [5.41, 5.74) is 3.79. The van der Waals surface area contributed by atoms with Crippen molar-refractivity contribution >= 4 is 17.2 Å². The van der Waals surface area contributed by atoms with Crippen LogP contribution in [0.2, 0.25) is 0 Å². The number of likely N-dealkylation sites (tertiary alicyclic amines) is 1. The summed E-state index contributed by atoms with van der Waals surface area (Å²) in [5.74, 6) is 0.196. The van der Waals surface area contributed by atoms with E-state index >= 15 is 0 Å². The summed E-state index contributed by atoms with van der Waals surface area (Å²) in [6, 6.07) is 11.2. The Kier molecular flexibility index (Phi) is 3.72. The molecule has 0 bridgehead atoms. The van der Waals surface area contributed by atoms with E-state index in [0.29, 0.717) is 6.04 Å². The molecule has 2 aliphatic heterocycles. The summed E-state index contributed by atoms with van der Waals surface area (Å²) in [7, 11) is 0. The molecular weight excluding hydrogens is 292 g/mol. The van der Waals surface area contributed by atoms with Gasteiger partial charge >= 0.3 is 0 Å². The Balaban J connectivity index is 1.42. The van der Waals surface area contributed by atoms with Gasteiger partial charge in [0.25, 0.3) is 5.91 Å². The van der Waals surface area contributed by atoms with Crippen LogP contribution in [-0.4, -0.2) is 41.4 Å². The van der Waals surface area contributed by atoms with E-state index in [-0.39, 0.29) is 5.91 Å². The molecule has 3 nitrogen and oxygen atoms in total. The van der Waals surface area contributed by atoms with Gasteiger partial charge in [0.2, 0.25) is 0 Å². The van der Waals surface area contributed by atoms with E-state index in [0.717, 1.165) is 44.6 Å². The molecule has 0 radical (unpaired) electrons. The van der Waals surface area contributed by atoms with Gasteiger partial charge in [-0.25, -0.2) is 0 Å². The highest BCUT2D eigenvalue weighted by Gasteiger charge is 2.32. The molecule has 1 atom stereocenters. The normalized spacial score (nSPS) is 21.8. The number of benzene rings is 1. The molecule has 1 amide bonds. The molecule has 0 saturated carbocycles. The number of nitrogens with zero attached hydrogens (tertiary/aromatic N) is 2. The van der Waals surface area contributed by atoms with E-state index < -0.39 is 0 Å². The van der Waals surface area contributed by atoms with E-state index in [4.69, 9.17) is 0 Å². The van der Waals surface area contributed by atoms with Gasteiger partial charge in [-0.15, -0.1) is 0 Å². The van der Waals surface area contributed by atoms with Crippen LogP contribution in [0.5, 0.6) is 0 Å². The van der Waals surface area contributed by atoms with Crippen molar-refractivity contribution in [2.75, 3.05) is 19.6 Å². The zero-order chi connectivity index (χ0) is 14.9. The van der Waals surface area contributed by atoms with Crippen LogP contribution in [0.4, 0.5) is 0 Å². The minimum absolute atomic E-state index is 0.196. The Labute approximate surface area is 135 Å². The molecule has 2 aromatic rings. The molecule has 0 aliphatic carbocycles. The highest BCUT2D eigenvalue weighted by Crippen LogP contribution is 2.25. The number of fused-ring (bicyclic) bond motifs is 1. The predicted molar refractivity (Wildman–Crippen MR) is 89.2 cm³/mol. The van der Waals surface area contributed by atoms with Crippen molar-refractivity contribution in [3.63, 3.8) is 0 Å². The summed E-state index contributed by atoms with van der Waals surface area (Å²) in [5, 5.41) is 3.93. The van der Waals surface area contributed by atoms with E-state index in [1.807, 2.05) is 21.7 Å². The second-order valence-corrected chi connectivity index (χ2v) is 6.97. The number of rotatable bonds is 2. The van der Waals surface area contributed by atoms with Crippen LogP contribution in [-0.2, 0) is 13.0 Å². The average Bonchev–Trinajstić information content (AvgIpc) is 3.25. The number of hydrogen-bond acceptors (Lipinski definition) is 3. The Bertz CT molecular complexity index is 667. The summed E-state index contributed by atoms with van der Waals surface area (Å²) < 4.78 is 0. The third kappa shape index (κ3) is 2.57. The van der Waals surface area contributed by atoms with Crippen molar-refractivity contribution in [3.8, 4) is 0 Å². The maximum Gasteiger partial charge on any atom is 0.254 e. The first-order valence-corrected chi connectivity index (χ1v) is 8.88. The molecule has 1 saturated heterocycles. The number of carbonyl (C=O) groups is 1. The van der Waals surface area contributed by atoms with Crippen LogP contribution in [0.25, 0.3) is 0 Å². The molecule has 3 heterocycles. The lowest BCUT2D eigenvalue weighted by Gasteiger charge is -2.33. The molecule has 22 heavy (non-hydrogen) atoms. The summed E-state index contributed by atoms with van der Waals surface area (Å²) in [4.78, 5) is 17.0. The first kappa shape index (κ1) is 14.0. The maximum absolute atomic E-state index is 12.4. The second kappa shape index (κ2) is 5.86. The molecule has 0 unspecified atom stereocenters. The first-order chi connectivity index (χ1) is 10.8. The van der Waals surface area contributed by atoms with Gasteiger partial charge in [0.1, 0.15) is 0 Å². The van der Waals surface area contributed by atoms with Gasteiger partial charge in [0.15, 0.2) is 0 Å². The Morgan fingerprint density at radius 1 is 1.14 bits per heavy atom. The number of amides is 1. The van der Waals surface area contributed by atoms with Crippen LogP contribution in [0, 0.1) is 0 Å². The average molecular weight is 312 g/mol. The van der Waals surface area contributed by atoms with Gasteiger partial charge in [0, 0.05) is 37.6 Å². The Hall–Kier alpha value is -1.65. The zero-order valence-electron chi connectivity index (χ0n) is 12.6. The number of hydrogen-bond donors (Lipinski definition) is 0. The molecule has 4 rings (SSSR count). The Morgan fingerprint density at radius 3 is 2.82 bits per heavy atom. The molecule has 4 heteroatoms. The third-order valence-electron chi connectivity index (χ3n) is 4.90. The molecule has 0 spiro atoms. The van der Waals surface area contributed by atoms with Crippen molar-refractivity contribution in [2.24, 2.45) is 0 Å². The molecule has 114 valence electrons. The minimum atomic E-state index is 0.196. The lowest BCUT2D eigenvalue weighted by atomic mass is 9.98. The fourth-order valence-electron chi connectivity index (χ4n) is 3.62. The maximum atomic E-state index is 12.4. The van der Waals surface area contributed by atoms with Gasteiger partial charge in [-0.05, 0) is 35.4 Å². The van der Waals surface area contributed by atoms with Crippen molar-refractivity contribution in [1.82, 2.24) is 9.80 Å². The van der Waals surface area contributed by atoms with Crippen molar-refractivity contribution in [1.29, 1.82) is 0 Å². The molecular formula is C18H20N2OS. The molecule has 1 fully saturated rings. The van der Waals surface area contributed by atoms with Crippen LogP contribution in [0.1, 0.15) is 27.9 Å². The third-order valence-corrected chi connectivity index (χ3v) is 5.58. The zero-order valence-corrected chi connectivity index (χ0v) is 13.4. The quantitative estimate of drug-likeness (QED) is 0.851. The van der Waals surface area contributed by atoms with Gasteiger partial charge in [0.05, 0.1) is 5.56 Å². The number of thiophene rings is 1. The van der Waals surface area contributed by atoms with Crippen LogP contribution in [0.15, 0.2) is 41.1 Å². The molecule has 1 aromatic heterocycles. The highest BCUT2D eigenvalue weighted by atomic mass is 32.1. The topological polar surface area (TPSA) is 23.6 Å². The van der Waals surface area contributed by atoms with Crippen molar-refractivity contribution < 1.29 is 4.79 Å². The second-order valence-electron chi connectivity index (χ2n) is 6.19. The number of carbonyl (C=O) groups excluding carboxylic acids is 1. The monoisotopic (exact) mass is 312 g/mol. The molecule has 1 aromatic carbocycles. The molecule has 2 aliphatic rings. The minimum Gasteiger partial charge on any atom is -0.337 e. The fourth-order valence-corrected chi connectivity index (χ4v) is 4.25. The smallest absolute Gasteiger partial charge is 0.254 e. The summed E-state index contributed by atoms with van der Waals surface area (Å²) >= 11 is 1.59. The van der Waals surface area contributed by atoms with E-state index in [2.05, 4.69) is 29.2 Å². The summed E-state index contributed by atoms with van der Waals surface area (Å²) in [6.07, 6.45) is 2.23. The summed E-state index contributed by atoms with van der Waals surface area (Å²) in [6.45, 7) is 3.90. The fraction of sp³-hybridized carbons (Fsp3) is 0.389. The molecule has 0 N–H and O–H groups in total. The van der Waals surface area contributed by atoms with Crippen molar-refractivity contribution in [2.45, 2.75) is 25.4 Å². The van der Waals surface area contributed by atoms with E-state index in [1.165, 1.54) is 11.1 Å². The largest absolute Gasteiger partial charge is 0.337 e. The van der Waals surface area contributed by atoms with Crippen LogP contribution >= 0.6 is 11.3 Å². The lowest BCUT2D eigenvalue weighted by molar-refractivity contribution is 0.0774. The highest BCUT2D eigenvalue weighted by molar-refractivity contribution is 7.08. The van der Waals surface area contributed by atoms with Gasteiger partial charge in [-0.1, -0.05) is 24.3 Å². The van der Waals surface area contributed by atoms with Crippen LogP contribution in [0.3, 0.4) is 0 Å². The standard InChI is InChI=1S/C18H20N2OS/c21-18(16-7-10-22-13-16)20-9-6-17(12-20)19-8-5-14-3-1-2-4-15(14)11-19/h1-4,7,10,13,17H,5-6,8-9,11-12H2/t17-/m1/s1. The van der Waals surface area contributed by atoms with Gasteiger partial charge < -0.3 is 4.90 Å². The van der Waals surface area contributed by atoms with Gasteiger partial charge in [-0.3, -0.25) is 9.69 Å². The van der Waals surface area contributed by atoms with E-state index in [1.54, 1.807) is 11.3 Å². The first-order valence-electron chi connectivity index (χ1n) is 7.93. The van der Waals surface area contributed by atoms with E-state index in [9.17, 15) is 4.79 Å². The van der Waals surface area contributed by atoms with Crippen molar-refractivity contribution in [3.05, 3.63) is 57.8 Å².